The van der Waals surface area contributed by atoms with Crippen molar-refractivity contribution in [2.24, 2.45) is 0 Å². The highest BCUT2D eigenvalue weighted by atomic mass is 35.5. The Labute approximate surface area is 203 Å². The van der Waals surface area contributed by atoms with Crippen LogP contribution in [-0.4, -0.2) is 17.6 Å². The number of unbranched alkanes of at least 4 members (excludes halogenated alkanes) is 1. The molecule has 33 heavy (non-hydrogen) atoms. The molecule has 3 aromatic rings. The molecule has 0 atom stereocenters. The number of carbonyl (C=O) groups excluding carboxylic acids is 1. The molecule has 172 valence electrons. The van der Waals surface area contributed by atoms with Crippen molar-refractivity contribution in [1.82, 2.24) is 4.98 Å². The zero-order valence-corrected chi connectivity index (χ0v) is 20.0. The first-order chi connectivity index (χ1) is 16.0. The lowest BCUT2D eigenvalue weighted by Crippen LogP contribution is -2.01. The molecule has 0 aliphatic rings. The van der Waals surface area contributed by atoms with E-state index in [1.54, 1.807) is 36.5 Å². The van der Waals surface area contributed by atoms with Crippen molar-refractivity contribution in [3.63, 3.8) is 0 Å². The van der Waals surface area contributed by atoms with Gasteiger partial charge in [0.25, 0.3) is 0 Å². The van der Waals surface area contributed by atoms with Crippen LogP contribution in [0.5, 0.6) is 17.4 Å². The van der Waals surface area contributed by atoms with Crippen LogP contribution >= 0.6 is 23.2 Å². The van der Waals surface area contributed by atoms with Crippen molar-refractivity contribution in [1.29, 1.82) is 0 Å². The minimum atomic E-state index is -0.375. The van der Waals surface area contributed by atoms with Gasteiger partial charge in [-0.3, -0.25) is 0 Å². The Morgan fingerprint density at radius 1 is 1.09 bits per heavy atom. The summed E-state index contributed by atoms with van der Waals surface area (Å²) < 4.78 is 16.7. The van der Waals surface area contributed by atoms with Gasteiger partial charge in [-0.2, -0.15) is 0 Å². The third-order valence-corrected chi connectivity index (χ3v) is 5.40. The van der Waals surface area contributed by atoms with Crippen LogP contribution in [0.2, 0.25) is 10.0 Å². The number of pyridine rings is 1. The van der Waals surface area contributed by atoms with Crippen molar-refractivity contribution in [3.8, 4) is 17.4 Å². The second-order valence-electron chi connectivity index (χ2n) is 7.31. The number of benzene rings is 2. The number of esters is 1. The van der Waals surface area contributed by atoms with E-state index in [1.807, 2.05) is 38.1 Å². The second-order valence-corrected chi connectivity index (χ2v) is 8.12. The average Bonchev–Trinajstić information content (AvgIpc) is 2.81. The van der Waals surface area contributed by atoms with E-state index >= 15 is 0 Å². The molecule has 0 N–H and O–H groups in total. The monoisotopic (exact) mass is 485 g/mol. The third kappa shape index (κ3) is 7.52. The molecule has 1 heterocycles. The topological polar surface area (TPSA) is 57.7 Å². The van der Waals surface area contributed by atoms with Gasteiger partial charge in [0.15, 0.2) is 0 Å². The summed E-state index contributed by atoms with van der Waals surface area (Å²) in [4.78, 5) is 16.1. The SMILES string of the molecule is CCCCOC(=O)C=Cc1cc(Cl)c(Oc2ccc(OCc3ccccc3Cl)cn2)cc1C. The van der Waals surface area contributed by atoms with Crippen molar-refractivity contribution >= 4 is 35.2 Å². The Balaban J connectivity index is 1.60. The summed E-state index contributed by atoms with van der Waals surface area (Å²) in [5, 5.41) is 1.06. The molecule has 0 saturated carbocycles. The summed E-state index contributed by atoms with van der Waals surface area (Å²) in [7, 11) is 0. The molecule has 0 aliphatic heterocycles. The molecule has 0 unspecified atom stereocenters. The Morgan fingerprint density at radius 2 is 1.91 bits per heavy atom. The van der Waals surface area contributed by atoms with Crippen molar-refractivity contribution in [3.05, 3.63) is 87.5 Å². The molecule has 2 aromatic carbocycles. The first kappa shape index (κ1) is 24.6. The summed E-state index contributed by atoms with van der Waals surface area (Å²) in [6.45, 7) is 4.71. The van der Waals surface area contributed by atoms with Gasteiger partial charge in [0.2, 0.25) is 5.88 Å². The molecule has 0 aliphatic carbocycles. The molecule has 0 bridgehead atoms. The van der Waals surface area contributed by atoms with E-state index in [9.17, 15) is 4.79 Å². The third-order valence-electron chi connectivity index (χ3n) is 4.74. The minimum absolute atomic E-state index is 0.341. The number of ether oxygens (including phenoxy) is 3. The summed E-state index contributed by atoms with van der Waals surface area (Å²) in [5.41, 5.74) is 2.59. The van der Waals surface area contributed by atoms with E-state index in [4.69, 9.17) is 37.4 Å². The molecule has 0 fully saturated rings. The number of halogens is 2. The predicted octanol–water partition coefficient (Wildman–Crippen LogP) is 7.42. The lowest BCUT2D eigenvalue weighted by Gasteiger charge is -2.11. The van der Waals surface area contributed by atoms with Crippen LogP contribution in [0, 0.1) is 6.92 Å². The minimum Gasteiger partial charge on any atom is -0.487 e. The first-order valence-corrected chi connectivity index (χ1v) is 11.4. The van der Waals surface area contributed by atoms with Gasteiger partial charge in [0.05, 0.1) is 17.8 Å². The maximum atomic E-state index is 11.8. The molecule has 3 rings (SSSR count). The summed E-state index contributed by atoms with van der Waals surface area (Å²) in [6, 6.07) is 14.5. The van der Waals surface area contributed by atoms with Crippen LogP contribution in [0.1, 0.15) is 36.5 Å². The van der Waals surface area contributed by atoms with E-state index in [0.717, 1.165) is 29.5 Å². The van der Waals surface area contributed by atoms with Gasteiger partial charge in [0, 0.05) is 22.7 Å². The smallest absolute Gasteiger partial charge is 0.330 e. The molecule has 0 spiro atoms. The highest BCUT2D eigenvalue weighted by Gasteiger charge is 2.09. The second kappa shape index (κ2) is 12.3. The van der Waals surface area contributed by atoms with E-state index in [2.05, 4.69) is 4.98 Å². The predicted molar refractivity (Wildman–Crippen MR) is 131 cm³/mol. The molecule has 0 saturated heterocycles. The summed E-state index contributed by atoms with van der Waals surface area (Å²) in [5.74, 6) is 1.06. The quantitative estimate of drug-likeness (QED) is 0.170. The fraction of sp³-hybridized carbons (Fsp3) is 0.231. The zero-order valence-electron chi connectivity index (χ0n) is 18.5. The Morgan fingerprint density at radius 3 is 2.64 bits per heavy atom. The number of carbonyl (C=O) groups is 1. The van der Waals surface area contributed by atoms with Crippen LogP contribution in [0.15, 0.2) is 60.8 Å². The highest BCUT2D eigenvalue weighted by Crippen LogP contribution is 2.32. The van der Waals surface area contributed by atoms with Gasteiger partial charge < -0.3 is 14.2 Å². The molecule has 5 nitrogen and oxygen atoms in total. The van der Waals surface area contributed by atoms with E-state index in [-0.39, 0.29) is 5.97 Å². The molecule has 7 heteroatoms. The maximum absolute atomic E-state index is 11.8. The molecule has 0 radical (unpaired) electrons. The van der Waals surface area contributed by atoms with E-state index in [1.165, 1.54) is 6.08 Å². The van der Waals surface area contributed by atoms with Crippen molar-refractivity contribution in [2.45, 2.75) is 33.3 Å². The zero-order chi connectivity index (χ0) is 23.6. The Hall–Kier alpha value is -3.02. The van der Waals surface area contributed by atoms with Crippen LogP contribution in [0.4, 0.5) is 0 Å². The van der Waals surface area contributed by atoms with Crippen LogP contribution in [0.3, 0.4) is 0 Å². The Bertz CT molecular complexity index is 1110. The standard InChI is InChI=1S/C26H25Cl2NO4/c1-3-4-13-31-26(30)12-9-19-15-23(28)24(14-18(19)2)33-25-11-10-21(16-29-25)32-17-20-7-5-6-8-22(20)27/h5-12,14-16H,3-4,13,17H2,1-2H3. The number of nitrogens with zero attached hydrogens (tertiary/aromatic N) is 1. The van der Waals surface area contributed by atoms with Crippen LogP contribution in [-0.2, 0) is 16.1 Å². The van der Waals surface area contributed by atoms with Crippen LogP contribution in [0.25, 0.3) is 6.08 Å². The summed E-state index contributed by atoms with van der Waals surface area (Å²) in [6.07, 6.45) is 6.48. The van der Waals surface area contributed by atoms with E-state index in [0.29, 0.717) is 40.6 Å². The molecular formula is C26H25Cl2NO4. The maximum Gasteiger partial charge on any atom is 0.330 e. The van der Waals surface area contributed by atoms with Gasteiger partial charge in [-0.15, -0.1) is 0 Å². The van der Waals surface area contributed by atoms with Gasteiger partial charge in [-0.25, -0.2) is 9.78 Å². The number of hydrogen-bond donors (Lipinski definition) is 0. The fourth-order valence-corrected chi connectivity index (χ4v) is 3.25. The number of hydrogen-bond acceptors (Lipinski definition) is 5. The lowest BCUT2D eigenvalue weighted by atomic mass is 10.1. The number of aryl methyl sites for hydroxylation is 1. The first-order valence-electron chi connectivity index (χ1n) is 10.6. The molecule has 0 amide bonds. The van der Waals surface area contributed by atoms with Gasteiger partial charge in [-0.1, -0.05) is 54.7 Å². The molecular weight excluding hydrogens is 461 g/mol. The van der Waals surface area contributed by atoms with Gasteiger partial charge in [0.1, 0.15) is 18.1 Å². The number of aromatic nitrogens is 1. The van der Waals surface area contributed by atoms with Gasteiger partial charge >= 0.3 is 5.97 Å². The fourth-order valence-electron chi connectivity index (χ4n) is 2.85. The average molecular weight is 486 g/mol. The Kier molecular flexibility index (Phi) is 9.16. The number of rotatable bonds is 10. The van der Waals surface area contributed by atoms with Gasteiger partial charge in [-0.05, 0) is 54.8 Å². The van der Waals surface area contributed by atoms with Crippen LogP contribution < -0.4 is 9.47 Å². The molecule has 1 aromatic heterocycles. The normalized spacial score (nSPS) is 10.9. The summed E-state index contributed by atoms with van der Waals surface area (Å²) >= 11 is 12.5. The van der Waals surface area contributed by atoms with Crippen molar-refractivity contribution < 1.29 is 19.0 Å². The van der Waals surface area contributed by atoms with Crippen molar-refractivity contribution in [2.75, 3.05) is 6.61 Å². The highest BCUT2D eigenvalue weighted by molar-refractivity contribution is 6.32. The van der Waals surface area contributed by atoms with E-state index < -0.39 is 0 Å². The largest absolute Gasteiger partial charge is 0.487 e. The lowest BCUT2D eigenvalue weighted by molar-refractivity contribution is -0.137.